The van der Waals surface area contributed by atoms with Crippen molar-refractivity contribution in [2.45, 2.75) is 35.6 Å². The van der Waals surface area contributed by atoms with E-state index in [0.29, 0.717) is 10.8 Å². The van der Waals surface area contributed by atoms with Crippen LogP contribution in [0.15, 0.2) is 41.3 Å². The van der Waals surface area contributed by atoms with Crippen molar-refractivity contribution < 1.29 is 42.9 Å². The number of benzene rings is 2. The van der Waals surface area contributed by atoms with E-state index in [1.807, 2.05) is 0 Å². The van der Waals surface area contributed by atoms with Gasteiger partial charge in [0.05, 0.1) is 11.5 Å². The van der Waals surface area contributed by atoms with Crippen LogP contribution in [0, 0.1) is 0 Å². The van der Waals surface area contributed by atoms with E-state index in [1.165, 1.54) is 36.4 Å². The molecule has 0 bridgehead atoms. The summed E-state index contributed by atoms with van der Waals surface area (Å²) in [5.41, 5.74) is 0. The minimum absolute atomic E-state index is 0.235. The predicted molar refractivity (Wildman–Crippen MR) is 88.2 cm³/mol. The number of hydrogen-bond donors (Lipinski definition) is 5. The van der Waals surface area contributed by atoms with E-state index in [1.54, 1.807) is 0 Å². The average molecular weight is 386 g/mol. The van der Waals surface area contributed by atoms with Crippen LogP contribution in [0.1, 0.15) is 0 Å². The molecule has 10 heteroatoms. The van der Waals surface area contributed by atoms with Gasteiger partial charge >= 0.3 is 0 Å². The lowest BCUT2D eigenvalue weighted by atomic mass is 9.99. The highest BCUT2D eigenvalue weighted by Crippen LogP contribution is 2.28. The minimum Gasteiger partial charge on any atom is -0.482 e. The van der Waals surface area contributed by atoms with E-state index in [9.17, 15) is 23.7 Å². The van der Waals surface area contributed by atoms with E-state index in [-0.39, 0.29) is 10.6 Å². The molecule has 2 aromatic rings. The van der Waals surface area contributed by atoms with Gasteiger partial charge in [0.2, 0.25) is 0 Å². The summed E-state index contributed by atoms with van der Waals surface area (Å²) >= 11 is 0. The van der Waals surface area contributed by atoms with E-state index in [2.05, 4.69) is 0 Å². The van der Waals surface area contributed by atoms with Gasteiger partial charge in [-0.05, 0) is 35.0 Å². The third-order valence-electron chi connectivity index (χ3n) is 4.20. The molecule has 142 valence electrons. The molecule has 1 aliphatic rings. The lowest BCUT2D eigenvalue weighted by molar-refractivity contribution is -0.280. The molecule has 1 heterocycles. The fraction of sp³-hybridized carbons (Fsp3) is 0.375. The van der Waals surface area contributed by atoms with Crippen LogP contribution in [-0.2, 0) is 14.9 Å². The summed E-state index contributed by atoms with van der Waals surface area (Å²) in [4.78, 5) is -0.247. The van der Waals surface area contributed by atoms with Crippen LogP contribution >= 0.6 is 0 Å². The Labute approximate surface area is 148 Å². The van der Waals surface area contributed by atoms with Gasteiger partial charge in [-0.15, -0.1) is 0 Å². The summed E-state index contributed by atoms with van der Waals surface area (Å²) < 4.78 is 42.0. The largest absolute Gasteiger partial charge is 0.482 e. The molecule has 9 nitrogen and oxygen atoms in total. The second-order valence-electron chi connectivity index (χ2n) is 5.96. The van der Waals surface area contributed by atoms with E-state index < -0.39 is 47.4 Å². The quantitative estimate of drug-likeness (QED) is 0.428. The molecule has 5 N–H and O–H groups in total. The lowest BCUT2D eigenvalue weighted by Crippen LogP contribution is -2.60. The molecule has 0 aromatic heterocycles. The molecular weight excluding hydrogens is 368 g/mol. The summed E-state index contributed by atoms with van der Waals surface area (Å²) in [6, 6.07) is 8.52. The minimum atomic E-state index is -4.32. The van der Waals surface area contributed by atoms with Crippen LogP contribution in [0.4, 0.5) is 0 Å². The molecule has 1 aliphatic heterocycles. The summed E-state index contributed by atoms with van der Waals surface area (Å²) in [5.74, 6) is 0.235. The maximum atomic E-state index is 11.2. The van der Waals surface area contributed by atoms with Crippen LogP contribution in [-0.4, -0.2) is 70.7 Å². The molecule has 2 aromatic carbocycles. The van der Waals surface area contributed by atoms with Gasteiger partial charge in [0, 0.05) is 0 Å². The number of ether oxygens (including phenoxy) is 2. The highest BCUT2D eigenvalue weighted by atomic mass is 32.2. The zero-order valence-corrected chi connectivity index (χ0v) is 14.2. The highest BCUT2D eigenvalue weighted by molar-refractivity contribution is 7.85. The van der Waals surface area contributed by atoms with Crippen LogP contribution in [0.25, 0.3) is 10.8 Å². The normalized spacial score (nSPS) is 29.7. The third-order valence-corrected chi connectivity index (χ3v) is 5.05. The molecule has 1 saturated heterocycles. The van der Waals surface area contributed by atoms with Gasteiger partial charge in [-0.3, -0.25) is 4.55 Å². The lowest BCUT2D eigenvalue weighted by Gasteiger charge is -2.39. The molecule has 5 atom stereocenters. The Balaban J connectivity index is 1.85. The van der Waals surface area contributed by atoms with Crippen molar-refractivity contribution in [2.75, 3.05) is 6.61 Å². The summed E-state index contributed by atoms with van der Waals surface area (Å²) in [6.45, 7) is -0.575. The fourth-order valence-corrected chi connectivity index (χ4v) is 3.31. The highest BCUT2D eigenvalue weighted by Gasteiger charge is 2.45. The third kappa shape index (κ3) is 3.67. The zero-order chi connectivity index (χ0) is 19.1. The van der Waals surface area contributed by atoms with Crippen molar-refractivity contribution in [2.24, 2.45) is 0 Å². The Morgan fingerprint density at radius 2 is 1.65 bits per heavy atom. The molecular formula is C16H18O9S. The molecule has 0 radical (unpaired) electrons. The van der Waals surface area contributed by atoms with Crippen LogP contribution < -0.4 is 4.74 Å². The first-order valence-electron chi connectivity index (χ1n) is 7.69. The number of aliphatic hydroxyl groups is 4. The number of fused-ring (bicyclic) bond motifs is 1. The topological polar surface area (TPSA) is 154 Å². The molecule has 0 aliphatic carbocycles. The van der Waals surface area contributed by atoms with Crippen LogP contribution in [0.5, 0.6) is 5.75 Å². The van der Waals surface area contributed by atoms with Crippen molar-refractivity contribution in [3.63, 3.8) is 0 Å². The Morgan fingerprint density at radius 3 is 2.31 bits per heavy atom. The van der Waals surface area contributed by atoms with Gasteiger partial charge in [0.25, 0.3) is 10.1 Å². The molecule has 0 spiro atoms. The SMILES string of the molecule is O=S(=O)(O)c1ccc2cc(O[C@@H]3[C@@H](O)[C@H](O)[C@@H](CO)O[C@H]3O)ccc2c1. The van der Waals surface area contributed by atoms with Crippen molar-refractivity contribution in [1.82, 2.24) is 0 Å². The smallest absolute Gasteiger partial charge is 0.294 e. The Kier molecular flexibility index (Phi) is 5.17. The predicted octanol–water partition coefficient (Wildman–Crippen LogP) is -0.735. The zero-order valence-electron chi connectivity index (χ0n) is 13.3. The Morgan fingerprint density at radius 1 is 1.00 bits per heavy atom. The molecule has 0 unspecified atom stereocenters. The van der Waals surface area contributed by atoms with Crippen molar-refractivity contribution >= 4 is 20.9 Å². The second kappa shape index (κ2) is 7.08. The first-order valence-corrected chi connectivity index (χ1v) is 9.13. The van der Waals surface area contributed by atoms with Gasteiger partial charge in [-0.25, -0.2) is 0 Å². The summed E-state index contributed by atoms with van der Waals surface area (Å²) in [5, 5.41) is 40.1. The maximum absolute atomic E-state index is 11.2. The van der Waals surface area contributed by atoms with E-state index in [4.69, 9.17) is 19.1 Å². The molecule has 0 amide bonds. The van der Waals surface area contributed by atoms with Crippen molar-refractivity contribution in [3.05, 3.63) is 36.4 Å². The van der Waals surface area contributed by atoms with Gasteiger partial charge in [-0.2, -0.15) is 8.42 Å². The number of aliphatic hydroxyl groups excluding tert-OH is 4. The van der Waals surface area contributed by atoms with Gasteiger partial charge in [-0.1, -0.05) is 12.1 Å². The second-order valence-corrected chi connectivity index (χ2v) is 7.38. The Bertz CT molecular complexity index is 898. The summed E-state index contributed by atoms with van der Waals surface area (Å²) in [7, 11) is -4.32. The van der Waals surface area contributed by atoms with Crippen molar-refractivity contribution in [1.29, 1.82) is 0 Å². The Hall–Kier alpha value is -1.79. The summed E-state index contributed by atoms with van der Waals surface area (Å²) in [6.07, 6.45) is -6.92. The first kappa shape index (κ1) is 19.0. The first-order chi connectivity index (χ1) is 12.2. The standard InChI is InChI=1S/C16H18O9S/c17-7-12-13(18)14(19)15(16(20)25-12)24-10-3-1-9-6-11(26(21,22)23)4-2-8(9)5-10/h1-6,12-20H,7H2,(H,21,22,23)/t12-,13-,14+,15-,16-/m1/s1. The van der Waals surface area contributed by atoms with Crippen molar-refractivity contribution in [3.8, 4) is 5.75 Å². The molecule has 26 heavy (non-hydrogen) atoms. The van der Waals surface area contributed by atoms with E-state index >= 15 is 0 Å². The monoisotopic (exact) mass is 386 g/mol. The van der Waals surface area contributed by atoms with Crippen LogP contribution in [0.2, 0.25) is 0 Å². The van der Waals surface area contributed by atoms with Gasteiger partial charge in [0.1, 0.15) is 24.1 Å². The number of rotatable bonds is 4. The molecule has 1 fully saturated rings. The average Bonchev–Trinajstić information content (AvgIpc) is 2.60. The van der Waals surface area contributed by atoms with Crippen LogP contribution in [0.3, 0.4) is 0 Å². The maximum Gasteiger partial charge on any atom is 0.294 e. The molecule has 0 saturated carbocycles. The fourth-order valence-electron chi connectivity index (χ4n) is 2.79. The molecule has 3 rings (SSSR count). The van der Waals surface area contributed by atoms with E-state index in [0.717, 1.165) is 0 Å². The number of hydrogen-bond acceptors (Lipinski definition) is 8. The van der Waals surface area contributed by atoms with Gasteiger partial charge in [0.15, 0.2) is 12.4 Å². The van der Waals surface area contributed by atoms with Gasteiger partial charge < -0.3 is 29.9 Å².